The average Bonchev–Trinajstić information content (AvgIpc) is 2.97. The van der Waals surface area contributed by atoms with Gasteiger partial charge in [-0.15, -0.1) is 11.3 Å². The van der Waals surface area contributed by atoms with E-state index in [1.54, 1.807) is 23.0 Å². The summed E-state index contributed by atoms with van der Waals surface area (Å²) in [4.78, 5) is 19.4. The zero-order valence-electron chi connectivity index (χ0n) is 14.5. The molecule has 0 saturated heterocycles. The van der Waals surface area contributed by atoms with Crippen molar-refractivity contribution in [2.75, 3.05) is 0 Å². The molecule has 0 N–H and O–H groups in total. The van der Waals surface area contributed by atoms with Gasteiger partial charge in [0.05, 0.1) is 18.3 Å². The Morgan fingerprint density at radius 3 is 2.54 bits per heavy atom. The van der Waals surface area contributed by atoms with Crippen LogP contribution in [0.3, 0.4) is 0 Å². The topological polar surface area (TPSA) is 34.9 Å². The molecule has 0 aliphatic rings. The highest BCUT2D eigenvalue weighted by Crippen LogP contribution is 2.35. The number of hydrogen-bond acceptors (Lipinski definition) is 3. The number of thiophene rings is 1. The van der Waals surface area contributed by atoms with E-state index in [9.17, 15) is 9.18 Å². The van der Waals surface area contributed by atoms with Crippen molar-refractivity contribution in [3.8, 4) is 11.1 Å². The van der Waals surface area contributed by atoms with Crippen LogP contribution in [0.25, 0.3) is 21.3 Å². The highest BCUT2D eigenvalue weighted by Gasteiger charge is 2.17. The minimum atomic E-state index is -0.291. The summed E-state index contributed by atoms with van der Waals surface area (Å²) in [6, 6.07) is 14.3. The second-order valence-electron chi connectivity index (χ2n) is 6.32. The van der Waals surface area contributed by atoms with Crippen molar-refractivity contribution in [2.45, 2.75) is 20.4 Å². The molecule has 2 aromatic carbocycles. The maximum absolute atomic E-state index is 13.3. The predicted octanol–water partition coefficient (Wildman–Crippen LogP) is 4.93. The summed E-state index contributed by atoms with van der Waals surface area (Å²) in [6.07, 6.45) is 1.61. The van der Waals surface area contributed by atoms with Crippen LogP contribution in [-0.4, -0.2) is 9.55 Å². The normalized spacial score (nSPS) is 11.2. The number of fused-ring (bicyclic) bond motifs is 1. The van der Waals surface area contributed by atoms with E-state index >= 15 is 0 Å². The number of aryl methyl sites for hydroxylation is 2. The fraction of sp³-hybridized carbons (Fsp3) is 0.143. The van der Waals surface area contributed by atoms with E-state index in [1.807, 2.05) is 38.1 Å². The molecule has 2 aromatic heterocycles. The quantitative estimate of drug-likeness (QED) is 0.517. The third-order valence-electron chi connectivity index (χ3n) is 4.59. The van der Waals surface area contributed by atoms with Gasteiger partial charge in [0.15, 0.2) is 0 Å². The highest BCUT2D eigenvalue weighted by atomic mass is 32.1. The lowest BCUT2D eigenvalue weighted by Gasteiger charge is -2.09. The number of rotatable bonds is 3. The molecule has 0 saturated carbocycles. The summed E-state index contributed by atoms with van der Waals surface area (Å²) in [6.45, 7) is 4.48. The molecule has 0 aliphatic heterocycles. The van der Waals surface area contributed by atoms with Gasteiger partial charge in [0.25, 0.3) is 5.56 Å². The second-order valence-corrected chi connectivity index (χ2v) is 7.53. The van der Waals surface area contributed by atoms with Gasteiger partial charge in [-0.25, -0.2) is 9.37 Å². The van der Waals surface area contributed by atoms with Crippen LogP contribution >= 0.6 is 11.3 Å². The Balaban J connectivity index is 1.89. The summed E-state index contributed by atoms with van der Waals surface area (Å²) in [5.74, 6) is -0.291. The van der Waals surface area contributed by atoms with Crippen LogP contribution in [0.2, 0.25) is 0 Å². The van der Waals surface area contributed by atoms with E-state index in [4.69, 9.17) is 0 Å². The van der Waals surface area contributed by atoms with Crippen LogP contribution in [-0.2, 0) is 6.54 Å². The van der Waals surface area contributed by atoms with E-state index in [1.165, 1.54) is 23.5 Å². The van der Waals surface area contributed by atoms with Gasteiger partial charge in [-0.05, 0) is 42.7 Å². The predicted molar refractivity (Wildman–Crippen MR) is 104 cm³/mol. The Hall–Kier alpha value is -2.79. The smallest absolute Gasteiger partial charge is 0.263 e. The third-order valence-corrected chi connectivity index (χ3v) is 5.60. The molecule has 0 atom stereocenters. The lowest BCUT2D eigenvalue weighted by atomic mass is 10.0. The minimum absolute atomic E-state index is 0.0677. The zero-order chi connectivity index (χ0) is 18.3. The fourth-order valence-corrected chi connectivity index (χ4v) is 4.19. The first-order valence-corrected chi connectivity index (χ1v) is 9.15. The van der Waals surface area contributed by atoms with Crippen molar-refractivity contribution in [3.05, 3.63) is 87.0 Å². The first-order valence-electron chi connectivity index (χ1n) is 8.33. The summed E-state index contributed by atoms with van der Waals surface area (Å²) in [5.41, 5.74) is 3.84. The van der Waals surface area contributed by atoms with Crippen LogP contribution in [0.1, 0.15) is 16.0 Å². The molecule has 0 bridgehead atoms. The standard InChI is InChI=1S/C21H17FN2OS/c1-13-5-3-4-6-16(13)11-24-12-23-20-19(21(24)25)18(14(2)26-20)15-7-9-17(22)10-8-15/h3-10,12H,11H2,1-2H3. The van der Waals surface area contributed by atoms with Crippen LogP contribution in [0.4, 0.5) is 4.39 Å². The van der Waals surface area contributed by atoms with Crippen molar-refractivity contribution in [2.24, 2.45) is 0 Å². The number of hydrogen-bond donors (Lipinski definition) is 0. The van der Waals surface area contributed by atoms with Crippen molar-refractivity contribution in [1.82, 2.24) is 9.55 Å². The molecule has 4 aromatic rings. The number of benzene rings is 2. The summed E-state index contributed by atoms with van der Waals surface area (Å²) < 4.78 is 14.9. The number of aromatic nitrogens is 2. The fourth-order valence-electron chi connectivity index (χ4n) is 3.19. The Morgan fingerprint density at radius 1 is 1.08 bits per heavy atom. The van der Waals surface area contributed by atoms with Crippen molar-refractivity contribution >= 4 is 21.6 Å². The molecule has 4 rings (SSSR count). The number of nitrogens with zero attached hydrogens (tertiary/aromatic N) is 2. The Morgan fingerprint density at radius 2 is 1.81 bits per heavy atom. The Kier molecular flexibility index (Phi) is 4.17. The lowest BCUT2D eigenvalue weighted by Crippen LogP contribution is -2.21. The molecule has 0 aliphatic carbocycles. The van der Waals surface area contributed by atoms with E-state index in [-0.39, 0.29) is 11.4 Å². The van der Waals surface area contributed by atoms with Crippen LogP contribution in [0, 0.1) is 19.7 Å². The number of halogens is 1. The second kappa shape index (κ2) is 6.50. The zero-order valence-corrected chi connectivity index (χ0v) is 15.3. The first-order chi connectivity index (χ1) is 12.5. The molecule has 0 spiro atoms. The molecule has 3 nitrogen and oxygen atoms in total. The average molecular weight is 364 g/mol. The SMILES string of the molecule is Cc1ccccc1Cn1cnc2sc(C)c(-c3ccc(F)cc3)c2c1=O. The van der Waals surface area contributed by atoms with E-state index in [0.29, 0.717) is 16.8 Å². The van der Waals surface area contributed by atoms with Gasteiger partial charge in [0, 0.05) is 10.4 Å². The maximum Gasteiger partial charge on any atom is 0.263 e. The molecule has 0 unspecified atom stereocenters. The Bertz CT molecular complexity index is 1160. The van der Waals surface area contributed by atoms with Gasteiger partial charge in [-0.3, -0.25) is 9.36 Å². The van der Waals surface area contributed by atoms with Gasteiger partial charge in [0.1, 0.15) is 10.6 Å². The van der Waals surface area contributed by atoms with Gasteiger partial charge in [0.2, 0.25) is 0 Å². The molecule has 2 heterocycles. The van der Waals surface area contributed by atoms with Gasteiger partial charge in [-0.1, -0.05) is 36.4 Å². The maximum atomic E-state index is 13.3. The molecule has 0 amide bonds. The lowest BCUT2D eigenvalue weighted by molar-refractivity contribution is 0.628. The van der Waals surface area contributed by atoms with Gasteiger partial charge in [-0.2, -0.15) is 0 Å². The molecular weight excluding hydrogens is 347 g/mol. The molecule has 0 fully saturated rings. The molecule has 5 heteroatoms. The van der Waals surface area contributed by atoms with E-state index < -0.39 is 0 Å². The van der Waals surface area contributed by atoms with Crippen molar-refractivity contribution < 1.29 is 4.39 Å². The van der Waals surface area contributed by atoms with Crippen molar-refractivity contribution in [3.63, 3.8) is 0 Å². The van der Waals surface area contributed by atoms with Crippen molar-refractivity contribution in [1.29, 1.82) is 0 Å². The largest absolute Gasteiger partial charge is 0.294 e. The molecule has 26 heavy (non-hydrogen) atoms. The third kappa shape index (κ3) is 2.84. The van der Waals surface area contributed by atoms with E-state index in [2.05, 4.69) is 4.98 Å². The molecule has 0 radical (unpaired) electrons. The molecule has 130 valence electrons. The monoisotopic (exact) mass is 364 g/mol. The van der Waals surface area contributed by atoms with Crippen LogP contribution < -0.4 is 5.56 Å². The molecular formula is C21H17FN2OS. The highest BCUT2D eigenvalue weighted by molar-refractivity contribution is 7.19. The minimum Gasteiger partial charge on any atom is -0.294 e. The van der Waals surface area contributed by atoms with Crippen LogP contribution in [0.5, 0.6) is 0 Å². The van der Waals surface area contributed by atoms with Gasteiger partial charge < -0.3 is 0 Å². The van der Waals surface area contributed by atoms with E-state index in [0.717, 1.165) is 27.1 Å². The summed E-state index contributed by atoms with van der Waals surface area (Å²) in [5, 5.41) is 0.607. The Labute approximate surface area is 154 Å². The summed E-state index contributed by atoms with van der Waals surface area (Å²) >= 11 is 1.49. The summed E-state index contributed by atoms with van der Waals surface area (Å²) in [7, 11) is 0. The van der Waals surface area contributed by atoms with Crippen LogP contribution in [0.15, 0.2) is 59.7 Å². The first kappa shape index (κ1) is 16.7. The van der Waals surface area contributed by atoms with Gasteiger partial charge >= 0.3 is 0 Å².